The van der Waals surface area contributed by atoms with E-state index in [1.807, 2.05) is 6.08 Å². The van der Waals surface area contributed by atoms with Gasteiger partial charge in [0.1, 0.15) is 0 Å². The zero-order valence-electron chi connectivity index (χ0n) is 10.4. The van der Waals surface area contributed by atoms with Gasteiger partial charge in [0, 0.05) is 0 Å². The van der Waals surface area contributed by atoms with Crippen molar-refractivity contribution in [2.75, 3.05) is 0 Å². The van der Waals surface area contributed by atoms with Crippen LogP contribution in [-0.4, -0.2) is 0 Å². The van der Waals surface area contributed by atoms with Gasteiger partial charge in [0.15, 0.2) is 0 Å². The molecule has 0 heteroatoms. The Balaban J connectivity index is 1.87. The molecular weight excluding hydrogens is 216 g/mol. The molecule has 0 spiro atoms. The molecule has 0 aromatic heterocycles. The predicted molar refractivity (Wildman–Crippen MR) is 78.4 cm³/mol. The molecular formula is C18H16. The molecule has 0 fully saturated rings. The summed E-state index contributed by atoms with van der Waals surface area (Å²) in [6.07, 6.45) is 6.24. The normalized spacial score (nSPS) is 13.0. The van der Waals surface area contributed by atoms with Crippen LogP contribution in [0.2, 0.25) is 0 Å². The Morgan fingerprint density at radius 1 is 1.00 bits per heavy atom. The highest BCUT2D eigenvalue weighted by molar-refractivity contribution is 5.88. The minimum atomic E-state index is 0.944. The van der Waals surface area contributed by atoms with E-state index >= 15 is 0 Å². The van der Waals surface area contributed by atoms with Crippen molar-refractivity contribution in [3.8, 4) is 0 Å². The first-order chi connectivity index (χ1) is 8.86. The van der Waals surface area contributed by atoms with Crippen molar-refractivity contribution in [3.63, 3.8) is 0 Å². The maximum absolute atomic E-state index is 3.77. The van der Waals surface area contributed by atoms with Gasteiger partial charge >= 0.3 is 0 Å². The van der Waals surface area contributed by atoms with Crippen LogP contribution < -0.4 is 0 Å². The lowest BCUT2D eigenvalue weighted by molar-refractivity contribution is 1.26. The lowest BCUT2D eigenvalue weighted by Crippen LogP contribution is -1.87. The Morgan fingerprint density at radius 3 is 2.50 bits per heavy atom. The highest BCUT2D eigenvalue weighted by Gasteiger charge is 2.12. The van der Waals surface area contributed by atoms with Crippen molar-refractivity contribution in [1.82, 2.24) is 0 Å². The number of hydrogen-bond acceptors (Lipinski definition) is 0. The molecule has 0 bridgehead atoms. The second kappa shape index (κ2) is 4.66. The summed E-state index contributed by atoms with van der Waals surface area (Å²) < 4.78 is 0. The van der Waals surface area contributed by atoms with Gasteiger partial charge in [-0.25, -0.2) is 0 Å². The molecule has 0 nitrogen and oxygen atoms in total. The molecule has 0 saturated heterocycles. The highest BCUT2D eigenvalue weighted by atomic mass is 14.2. The van der Waals surface area contributed by atoms with Crippen LogP contribution in [-0.2, 0) is 12.8 Å². The summed E-state index contributed by atoms with van der Waals surface area (Å²) in [5.74, 6) is 0. The second-order valence-corrected chi connectivity index (χ2v) is 4.73. The topological polar surface area (TPSA) is 0 Å². The predicted octanol–water partition coefficient (Wildman–Crippen LogP) is 4.51. The Labute approximate surface area is 108 Å². The van der Waals surface area contributed by atoms with Gasteiger partial charge in [0.25, 0.3) is 0 Å². The lowest BCUT2D eigenvalue weighted by atomic mass is 10.0. The van der Waals surface area contributed by atoms with Crippen molar-refractivity contribution < 1.29 is 0 Å². The third-order valence-corrected chi connectivity index (χ3v) is 3.47. The number of rotatable bonds is 3. The summed E-state index contributed by atoms with van der Waals surface area (Å²) in [7, 11) is 0. The van der Waals surface area contributed by atoms with Gasteiger partial charge in [-0.2, -0.15) is 0 Å². The van der Waals surface area contributed by atoms with E-state index in [9.17, 15) is 0 Å². The molecule has 88 valence electrons. The molecule has 0 unspecified atom stereocenters. The Kier molecular flexibility index (Phi) is 2.85. The molecule has 0 heterocycles. The van der Waals surface area contributed by atoms with Gasteiger partial charge in [-0.3, -0.25) is 0 Å². The molecule has 0 radical (unpaired) electrons. The summed E-state index contributed by atoms with van der Waals surface area (Å²) in [6, 6.07) is 17.4. The molecule has 18 heavy (non-hydrogen) atoms. The van der Waals surface area contributed by atoms with Gasteiger partial charge in [-0.1, -0.05) is 60.7 Å². The van der Waals surface area contributed by atoms with Crippen molar-refractivity contribution in [1.29, 1.82) is 0 Å². The number of fused-ring (bicyclic) bond motifs is 1. The maximum atomic E-state index is 3.77. The van der Waals surface area contributed by atoms with Gasteiger partial charge in [0.2, 0.25) is 0 Å². The fourth-order valence-electron chi connectivity index (χ4n) is 2.49. The molecule has 2 aromatic carbocycles. The van der Waals surface area contributed by atoms with Crippen molar-refractivity contribution >= 4 is 11.6 Å². The van der Waals surface area contributed by atoms with Gasteiger partial charge in [-0.15, -0.1) is 6.58 Å². The Hall–Kier alpha value is -2.08. The molecule has 0 N–H and O–H groups in total. The summed E-state index contributed by atoms with van der Waals surface area (Å²) >= 11 is 0. The second-order valence-electron chi connectivity index (χ2n) is 4.73. The lowest BCUT2D eigenvalue weighted by Gasteiger charge is -2.03. The third kappa shape index (κ3) is 2.02. The standard InChI is InChI=1S/C18H16/c1-2-5-14-8-10-15(11-9-14)18-12-16-6-3-4-7-17(16)13-18/h2-4,6-12H,1,5,13H2. The average molecular weight is 232 g/mol. The highest BCUT2D eigenvalue weighted by Crippen LogP contribution is 2.31. The smallest absolute Gasteiger partial charge is 0.00137 e. The summed E-state index contributed by atoms with van der Waals surface area (Å²) in [4.78, 5) is 0. The molecule has 0 amide bonds. The van der Waals surface area contributed by atoms with E-state index < -0.39 is 0 Å². The van der Waals surface area contributed by atoms with E-state index in [1.54, 1.807) is 0 Å². The molecule has 2 aromatic rings. The fraction of sp³-hybridized carbons (Fsp3) is 0.111. The zero-order chi connectivity index (χ0) is 12.4. The molecule has 1 aliphatic rings. The van der Waals surface area contributed by atoms with E-state index in [-0.39, 0.29) is 0 Å². The van der Waals surface area contributed by atoms with Crippen LogP contribution in [0.1, 0.15) is 22.3 Å². The first-order valence-electron chi connectivity index (χ1n) is 6.35. The summed E-state index contributed by atoms with van der Waals surface area (Å²) in [6.45, 7) is 3.77. The summed E-state index contributed by atoms with van der Waals surface area (Å²) in [5, 5.41) is 0. The van der Waals surface area contributed by atoms with Crippen LogP contribution in [0.4, 0.5) is 0 Å². The van der Waals surface area contributed by atoms with E-state index in [2.05, 4.69) is 61.2 Å². The minimum absolute atomic E-state index is 0.944. The van der Waals surface area contributed by atoms with Crippen LogP contribution in [0.5, 0.6) is 0 Å². The largest absolute Gasteiger partial charge is 0.103 e. The van der Waals surface area contributed by atoms with E-state index in [0.717, 1.165) is 12.8 Å². The van der Waals surface area contributed by atoms with Crippen LogP contribution >= 0.6 is 0 Å². The minimum Gasteiger partial charge on any atom is -0.103 e. The molecule has 1 aliphatic carbocycles. The molecule has 0 aliphatic heterocycles. The number of allylic oxidation sites excluding steroid dienone is 2. The fourth-order valence-corrected chi connectivity index (χ4v) is 2.49. The van der Waals surface area contributed by atoms with Crippen molar-refractivity contribution in [2.24, 2.45) is 0 Å². The van der Waals surface area contributed by atoms with Crippen LogP contribution in [0, 0.1) is 0 Å². The SMILES string of the molecule is C=CCc1ccc(C2=Cc3ccccc3C2)cc1. The number of benzene rings is 2. The van der Waals surface area contributed by atoms with Gasteiger partial charge in [0.05, 0.1) is 0 Å². The first-order valence-corrected chi connectivity index (χ1v) is 6.35. The average Bonchev–Trinajstić information content (AvgIpc) is 2.84. The Morgan fingerprint density at radius 2 is 1.78 bits per heavy atom. The van der Waals surface area contributed by atoms with E-state index in [1.165, 1.54) is 27.8 Å². The number of hydrogen-bond donors (Lipinski definition) is 0. The molecule has 0 atom stereocenters. The Bertz CT molecular complexity index is 600. The van der Waals surface area contributed by atoms with Crippen LogP contribution in [0.3, 0.4) is 0 Å². The zero-order valence-corrected chi connectivity index (χ0v) is 10.4. The van der Waals surface area contributed by atoms with Crippen molar-refractivity contribution in [2.45, 2.75) is 12.8 Å². The van der Waals surface area contributed by atoms with Gasteiger partial charge in [-0.05, 0) is 40.7 Å². The third-order valence-electron chi connectivity index (χ3n) is 3.47. The van der Waals surface area contributed by atoms with Gasteiger partial charge < -0.3 is 0 Å². The quantitative estimate of drug-likeness (QED) is 0.683. The molecule has 3 rings (SSSR count). The van der Waals surface area contributed by atoms with E-state index in [0.29, 0.717) is 0 Å². The van der Waals surface area contributed by atoms with Crippen LogP contribution in [0.25, 0.3) is 11.6 Å². The maximum Gasteiger partial charge on any atom is -0.00137 e. The van der Waals surface area contributed by atoms with Crippen LogP contribution in [0.15, 0.2) is 61.2 Å². The monoisotopic (exact) mass is 232 g/mol. The van der Waals surface area contributed by atoms with Crippen molar-refractivity contribution in [3.05, 3.63) is 83.4 Å². The molecule has 0 saturated carbocycles. The van der Waals surface area contributed by atoms with E-state index in [4.69, 9.17) is 0 Å². The summed E-state index contributed by atoms with van der Waals surface area (Å²) in [5.41, 5.74) is 6.87. The first kappa shape index (κ1) is 11.0.